The summed E-state index contributed by atoms with van der Waals surface area (Å²) in [6.07, 6.45) is 5.40. The fourth-order valence-corrected chi connectivity index (χ4v) is 3.13. The SMILES string of the molecule is CC1CCCCCN1Cc1cc(N)cc(Br)c1. The van der Waals surface area contributed by atoms with Crippen molar-refractivity contribution in [3.8, 4) is 0 Å². The van der Waals surface area contributed by atoms with Gasteiger partial charge in [-0.05, 0) is 50.1 Å². The summed E-state index contributed by atoms with van der Waals surface area (Å²) in [5.74, 6) is 0. The molecule has 3 heteroatoms. The van der Waals surface area contributed by atoms with Crippen molar-refractivity contribution in [3.05, 3.63) is 28.2 Å². The number of nitrogens with two attached hydrogens (primary N) is 1. The largest absolute Gasteiger partial charge is 0.399 e. The number of benzene rings is 1. The molecule has 94 valence electrons. The molecule has 1 atom stereocenters. The monoisotopic (exact) mass is 296 g/mol. The van der Waals surface area contributed by atoms with Gasteiger partial charge in [-0.1, -0.05) is 28.8 Å². The van der Waals surface area contributed by atoms with Gasteiger partial charge < -0.3 is 5.73 Å². The second-order valence-electron chi connectivity index (χ2n) is 5.06. The Morgan fingerprint density at radius 1 is 1.29 bits per heavy atom. The van der Waals surface area contributed by atoms with Crippen LogP contribution in [-0.4, -0.2) is 17.5 Å². The predicted molar refractivity (Wildman–Crippen MR) is 76.9 cm³/mol. The van der Waals surface area contributed by atoms with Crippen LogP contribution < -0.4 is 5.73 Å². The summed E-state index contributed by atoms with van der Waals surface area (Å²) < 4.78 is 1.08. The van der Waals surface area contributed by atoms with Crippen LogP contribution in [0.25, 0.3) is 0 Å². The maximum atomic E-state index is 5.88. The number of likely N-dealkylation sites (tertiary alicyclic amines) is 1. The maximum Gasteiger partial charge on any atom is 0.0328 e. The first-order chi connectivity index (χ1) is 8.15. The topological polar surface area (TPSA) is 29.3 Å². The predicted octanol–water partition coefficient (Wildman–Crippen LogP) is 3.80. The molecule has 2 N–H and O–H groups in total. The molecule has 2 nitrogen and oxygen atoms in total. The zero-order valence-corrected chi connectivity index (χ0v) is 12.0. The summed E-state index contributed by atoms with van der Waals surface area (Å²) in [7, 11) is 0. The van der Waals surface area contributed by atoms with Crippen LogP contribution in [0.3, 0.4) is 0 Å². The van der Waals surface area contributed by atoms with Crippen molar-refractivity contribution in [1.82, 2.24) is 4.90 Å². The quantitative estimate of drug-likeness (QED) is 0.841. The van der Waals surface area contributed by atoms with Gasteiger partial charge in [-0.3, -0.25) is 4.90 Å². The molecule has 17 heavy (non-hydrogen) atoms. The Morgan fingerprint density at radius 3 is 2.88 bits per heavy atom. The Morgan fingerprint density at radius 2 is 2.12 bits per heavy atom. The van der Waals surface area contributed by atoms with Crippen LogP contribution in [0.2, 0.25) is 0 Å². The maximum absolute atomic E-state index is 5.88. The van der Waals surface area contributed by atoms with Gasteiger partial charge in [0.15, 0.2) is 0 Å². The Balaban J connectivity index is 2.07. The van der Waals surface area contributed by atoms with E-state index < -0.39 is 0 Å². The van der Waals surface area contributed by atoms with Crippen LogP contribution in [0, 0.1) is 0 Å². The van der Waals surface area contributed by atoms with E-state index >= 15 is 0 Å². The van der Waals surface area contributed by atoms with E-state index in [1.807, 2.05) is 6.07 Å². The molecular formula is C14H21BrN2. The van der Waals surface area contributed by atoms with E-state index in [-0.39, 0.29) is 0 Å². The van der Waals surface area contributed by atoms with Gasteiger partial charge in [-0.2, -0.15) is 0 Å². The van der Waals surface area contributed by atoms with Crippen molar-refractivity contribution >= 4 is 21.6 Å². The van der Waals surface area contributed by atoms with Crippen LogP contribution in [0.5, 0.6) is 0 Å². The third kappa shape index (κ3) is 3.71. The number of nitrogen functional groups attached to an aromatic ring is 1. The standard InChI is InChI=1S/C14H21BrN2/c1-11-5-3-2-4-6-17(11)10-12-7-13(15)9-14(16)8-12/h7-9,11H,2-6,10,16H2,1H3. The molecule has 1 aliphatic rings. The summed E-state index contributed by atoms with van der Waals surface area (Å²) in [4.78, 5) is 2.58. The van der Waals surface area contributed by atoms with Gasteiger partial charge in [0.25, 0.3) is 0 Å². The molecule has 0 bridgehead atoms. The molecule has 1 heterocycles. The molecule has 1 aromatic carbocycles. The Kier molecular flexibility index (Phi) is 4.46. The zero-order chi connectivity index (χ0) is 12.3. The highest BCUT2D eigenvalue weighted by atomic mass is 79.9. The van der Waals surface area contributed by atoms with Crippen LogP contribution in [-0.2, 0) is 6.54 Å². The fourth-order valence-electron chi connectivity index (χ4n) is 2.57. The molecule has 1 unspecified atom stereocenters. The Bertz CT molecular complexity index is 358. The lowest BCUT2D eigenvalue weighted by atomic mass is 10.1. The van der Waals surface area contributed by atoms with Gasteiger partial charge in [-0.15, -0.1) is 0 Å². The minimum absolute atomic E-state index is 0.692. The van der Waals surface area contributed by atoms with Crippen LogP contribution in [0.1, 0.15) is 38.2 Å². The summed E-state index contributed by atoms with van der Waals surface area (Å²) >= 11 is 3.51. The van der Waals surface area contributed by atoms with Crippen LogP contribution >= 0.6 is 15.9 Å². The third-order valence-corrected chi connectivity index (χ3v) is 4.01. The van der Waals surface area contributed by atoms with Crippen molar-refractivity contribution in [2.75, 3.05) is 12.3 Å². The Labute approximate surface area is 112 Å². The Hall–Kier alpha value is -0.540. The molecule has 1 fully saturated rings. The van der Waals surface area contributed by atoms with E-state index in [2.05, 4.69) is 39.9 Å². The van der Waals surface area contributed by atoms with E-state index in [1.165, 1.54) is 37.8 Å². The van der Waals surface area contributed by atoms with Crippen molar-refractivity contribution in [2.24, 2.45) is 0 Å². The average molecular weight is 297 g/mol. The van der Waals surface area contributed by atoms with E-state index in [9.17, 15) is 0 Å². The van der Waals surface area contributed by atoms with Gasteiger partial charge in [0.2, 0.25) is 0 Å². The number of nitrogens with zero attached hydrogens (tertiary/aromatic N) is 1. The zero-order valence-electron chi connectivity index (χ0n) is 10.5. The first kappa shape index (κ1) is 12.9. The molecule has 2 rings (SSSR count). The van der Waals surface area contributed by atoms with Gasteiger partial charge in [0.05, 0.1) is 0 Å². The summed E-state index contributed by atoms with van der Waals surface area (Å²) in [5.41, 5.74) is 8.04. The van der Waals surface area contributed by atoms with Crippen LogP contribution in [0.4, 0.5) is 5.69 Å². The smallest absolute Gasteiger partial charge is 0.0328 e. The van der Waals surface area contributed by atoms with E-state index in [4.69, 9.17) is 5.73 Å². The van der Waals surface area contributed by atoms with Gasteiger partial charge in [0, 0.05) is 22.7 Å². The van der Waals surface area contributed by atoms with Crippen LogP contribution in [0.15, 0.2) is 22.7 Å². The number of hydrogen-bond donors (Lipinski definition) is 1. The minimum atomic E-state index is 0.692. The number of anilines is 1. The van der Waals surface area contributed by atoms with Crippen molar-refractivity contribution in [3.63, 3.8) is 0 Å². The second-order valence-corrected chi connectivity index (χ2v) is 5.98. The first-order valence-electron chi connectivity index (χ1n) is 6.44. The van der Waals surface area contributed by atoms with Crippen molar-refractivity contribution in [2.45, 2.75) is 45.2 Å². The molecule has 0 radical (unpaired) electrons. The highest BCUT2D eigenvalue weighted by Gasteiger charge is 2.16. The number of halogens is 1. The summed E-state index contributed by atoms with van der Waals surface area (Å²) in [6.45, 7) is 4.57. The third-order valence-electron chi connectivity index (χ3n) is 3.56. The van der Waals surface area contributed by atoms with Gasteiger partial charge in [-0.25, -0.2) is 0 Å². The lowest BCUT2D eigenvalue weighted by Gasteiger charge is -2.27. The second kappa shape index (κ2) is 5.87. The molecular weight excluding hydrogens is 276 g/mol. The summed E-state index contributed by atoms with van der Waals surface area (Å²) in [5, 5.41) is 0. The minimum Gasteiger partial charge on any atom is -0.399 e. The lowest BCUT2D eigenvalue weighted by molar-refractivity contribution is 0.205. The molecule has 1 saturated heterocycles. The lowest BCUT2D eigenvalue weighted by Crippen LogP contribution is -2.31. The molecule has 0 aromatic heterocycles. The van der Waals surface area contributed by atoms with E-state index in [0.717, 1.165) is 16.7 Å². The van der Waals surface area contributed by atoms with Crippen molar-refractivity contribution in [1.29, 1.82) is 0 Å². The van der Waals surface area contributed by atoms with Crippen molar-refractivity contribution < 1.29 is 0 Å². The normalized spacial score (nSPS) is 22.4. The molecule has 1 aromatic rings. The first-order valence-corrected chi connectivity index (χ1v) is 7.23. The molecule has 0 aliphatic carbocycles. The summed E-state index contributed by atoms with van der Waals surface area (Å²) in [6, 6.07) is 6.91. The number of hydrogen-bond acceptors (Lipinski definition) is 2. The van der Waals surface area contributed by atoms with Gasteiger partial charge in [0.1, 0.15) is 0 Å². The van der Waals surface area contributed by atoms with E-state index in [1.54, 1.807) is 0 Å². The fraction of sp³-hybridized carbons (Fsp3) is 0.571. The number of rotatable bonds is 2. The molecule has 0 spiro atoms. The van der Waals surface area contributed by atoms with E-state index in [0.29, 0.717) is 6.04 Å². The van der Waals surface area contributed by atoms with Gasteiger partial charge >= 0.3 is 0 Å². The molecule has 1 aliphatic heterocycles. The highest BCUT2D eigenvalue weighted by molar-refractivity contribution is 9.10. The average Bonchev–Trinajstić information content (AvgIpc) is 2.43. The molecule has 0 saturated carbocycles. The molecule has 0 amide bonds. The highest BCUT2D eigenvalue weighted by Crippen LogP contribution is 2.22.